The summed E-state index contributed by atoms with van der Waals surface area (Å²) >= 11 is 1.47. The van der Waals surface area contributed by atoms with Crippen LogP contribution in [0.5, 0.6) is 0 Å². The van der Waals surface area contributed by atoms with Gasteiger partial charge < -0.3 is 35.4 Å². The van der Waals surface area contributed by atoms with E-state index in [0.717, 1.165) is 44.4 Å². The molecule has 0 unspecified atom stereocenters. The Bertz CT molecular complexity index is 654. The lowest BCUT2D eigenvalue weighted by molar-refractivity contribution is -0.206. The van der Waals surface area contributed by atoms with E-state index in [2.05, 4.69) is 24.5 Å². The zero-order valence-electron chi connectivity index (χ0n) is 19.9. The summed E-state index contributed by atoms with van der Waals surface area (Å²) in [6, 6.07) is -0.860. The van der Waals surface area contributed by atoms with Gasteiger partial charge in [-0.1, -0.05) is 26.7 Å². The van der Waals surface area contributed by atoms with Gasteiger partial charge in [-0.15, -0.1) is 11.8 Å². The minimum Gasteiger partial charge on any atom is -0.388 e. The molecule has 4 rings (SSSR count). The van der Waals surface area contributed by atoms with Crippen molar-refractivity contribution in [3.8, 4) is 0 Å². The fraction of sp³-hybridized carbons (Fsp3) is 0.958. The lowest BCUT2D eigenvalue weighted by Gasteiger charge is -2.44. The van der Waals surface area contributed by atoms with Crippen LogP contribution in [0.2, 0.25) is 0 Å². The summed E-state index contributed by atoms with van der Waals surface area (Å²) < 4.78 is 12.2. The number of ether oxygens (including phenoxy) is 2. The van der Waals surface area contributed by atoms with Crippen molar-refractivity contribution < 1.29 is 29.6 Å². The van der Waals surface area contributed by atoms with Crippen molar-refractivity contribution in [1.82, 2.24) is 10.6 Å². The van der Waals surface area contributed by atoms with E-state index < -0.39 is 41.9 Å². The van der Waals surface area contributed by atoms with Crippen LogP contribution < -0.4 is 10.6 Å². The number of fused-ring (bicyclic) bond motifs is 3. The van der Waals surface area contributed by atoms with Crippen molar-refractivity contribution in [2.45, 2.75) is 107 Å². The Labute approximate surface area is 201 Å². The molecule has 0 spiro atoms. The van der Waals surface area contributed by atoms with E-state index in [1.165, 1.54) is 18.2 Å². The highest BCUT2D eigenvalue weighted by Gasteiger charge is 2.49. The molecule has 8 nitrogen and oxygen atoms in total. The molecular formula is C24H42N2O6S. The smallest absolute Gasteiger partial charge is 0.240 e. The number of nitrogens with one attached hydrogen (secondary N) is 2. The van der Waals surface area contributed by atoms with E-state index in [0.29, 0.717) is 30.8 Å². The second-order valence-corrected chi connectivity index (χ2v) is 12.0. The summed E-state index contributed by atoms with van der Waals surface area (Å²) in [5.74, 6) is 2.32. The van der Waals surface area contributed by atoms with Gasteiger partial charge in [0, 0.05) is 13.2 Å². The van der Waals surface area contributed by atoms with Crippen molar-refractivity contribution >= 4 is 17.7 Å². The van der Waals surface area contributed by atoms with Gasteiger partial charge in [0.15, 0.2) is 0 Å². The average Bonchev–Trinajstić information content (AvgIpc) is 3.06. The number of carbonyl (C=O) groups is 1. The minimum atomic E-state index is -1.29. The highest BCUT2D eigenvalue weighted by Crippen LogP contribution is 2.35. The minimum absolute atomic E-state index is 0.132. The number of aliphatic hydroxyl groups excluding tert-OH is 3. The Kier molecular flexibility index (Phi) is 8.98. The summed E-state index contributed by atoms with van der Waals surface area (Å²) in [5, 5.41) is 38.0. The molecule has 4 heterocycles. The van der Waals surface area contributed by atoms with Gasteiger partial charge in [-0.05, 0) is 55.6 Å². The second-order valence-electron chi connectivity index (χ2n) is 10.8. The van der Waals surface area contributed by atoms with E-state index >= 15 is 0 Å². The first-order valence-electron chi connectivity index (χ1n) is 12.8. The SMILES string of the molecule is CC(C)C[C@@H]1CCO[C@@H]2[C@H](CN[C@@H]2C(=O)N[C@@H]2CCCCCS[C@H]3O[C@H]2[C@H](O)[C@H](O)[C@H]3O)C1. The van der Waals surface area contributed by atoms with Crippen LogP contribution in [0.15, 0.2) is 0 Å². The van der Waals surface area contributed by atoms with Crippen LogP contribution >= 0.6 is 11.8 Å². The number of hydrogen-bond donors (Lipinski definition) is 5. The number of carbonyl (C=O) groups excluding carboxylic acids is 1. The average molecular weight is 487 g/mol. The number of amides is 1. The molecule has 5 N–H and O–H groups in total. The number of rotatable bonds is 4. The number of hydrogen-bond acceptors (Lipinski definition) is 8. The zero-order valence-corrected chi connectivity index (χ0v) is 20.7. The van der Waals surface area contributed by atoms with Crippen molar-refractivity contribution in [3.05, 3.63) is 0 Å². The Balaban J connectivity index is 1.43. The molecule has 0 aromatic heterocycles. The standard InChI is InChI=1S/C24H42N2O6S/c1-13(2)10-14-7-8-31-21-15(11-14)12-25-17(21)23(30)26-16-6-4-3-5-9-33-24-20(29)18(27)19(28)22(16)32-24/h13-22,24-25,27-29H,3-12H2,1-2H3,(H,26,30)/t14-,15-,16+,17-,18-,19+,20+,21+,22+,24+/m0/s1. The molecule has 190 valence electrons. The lowest BCUT2D eigenvalue weighted by Crippen LogP contribution is -2.64. The molecule has 10 atom stereocenters. The zero-order chi connectivity index (χ0) is 23.5. The first-order chi connectivity index (χ1) is 15.8. The highest BCUT2D eigenvalue weighted by molar-refractivity contribution is 7.99. The third kappa shape index (κ3) is 6.05. The molecule has 2 bridgehead atoms. The van der Waals surface area contributed by atoms with Gasteiger partial charge >= 0.3 is 0 Å². The third-order valence-corrected chi connectivity index (χ3v) is 8.97. The van der Waals surface area contributed by atoms with E-state index in [9.17, 15) is 20.1 Å². The number of thioether (sulfide) groups is 1. The van der Waals surface area contributed by atoms with Crippen LogP contribution in [-0.2, 0) is 14.3 Å². The molecule has 0 aromatic carbocycles. The third-order valence-electron chi connectivity index (χ3n) is 7.73. The molecule has 0 aliphatic carbocycles. The first kappa shape index (κ1) is 25.7. The molecule has 0 saturated carbocycles. The van der Waals surface area contributed by atoms with Crippen molar-refractivity contribution in [3.63, 3.8) is 0 Å². The van der Waals surface area contributed by atoms with Crippen LogP contribution in [0.4, 0.5) is 0 Å². The normalized spacial score (nSPS) is 44.7. The Morgan fingerprint density at radius 2 is 1.91 bits per heavy atom. The van der Waals surface area contributed by atoms with Crippen LogP contribution in [0.3, 0.4) is 0 Å². The summed E-state index contributed by atoms with van der Waals surface area (Å²) in [6.45, 7) is 5.97. The molecule has 33 heavy (non-hydrogen) atoms. The Morgan fingerprint density at radius 1 is 1.09 bits per heavy atom. The van der Waals surface area contributed by atoms with Crippen LogP contribution in [0, 0.1) is 17.8 Å². The van der Waals surface area contributed by atoms with Gasteiger partial charge in [-0.2, -0.15) is 0 Å². The van der Waals surface area contributed by atoms with Crippen LogP contribution in [-0.4, -0.2) is 88.2 Å². The predicted molar refractivity (Wildman–Crippen MR) is 127 cm³/mol. The van der Waals surface area contributed by atoms with Gasteiger partial charge in [-0.3, -0.25) is 4.79 Å². The Hall–Kier alpha value is -0.420. The maximum atomic E-state index is 13.4. The van der Waals surface area contributed by atoms with E-state index in [1.807, 2.05) is 0 Å². The molecule has 4 saturated heterocycles. The quantitative estimate of drug-likeness (QED) is 0.399. The van der Waals surface area contributed by atoms with E-state index in [-0.39, 0.29) is 12.0 Å². The maximum Gasteiger partial charge on any atom is 0.240 e. The van der Waals surface area contributed by atoms with Gasteiger partial charge in [0.25, 0.3) is 0 Å². The Morgan fingerprint density at radius 3 is 2.70 bits per heavy atom. The largest absolute Gasteiger partial charge is 0.388 e. The fourth-order valence-corrected chi connectivity index (χ4v) is 7.22. The summed E-state index contributed by atoms with van der Waals surface area (Å²) in [6.07, 6.45) is 2.28. The van der Waals surface area contributed by atoms with Gasteiger partial charge in [-0.25, -0.2) is 0 Å². The highest BCUT2D eigenvalue weighted by atomic mass is 32.2. The second kappa shape index (κ2) is 11.5. The lowest BCUT2D eigenvalue weighted by atomic mass is 9.85. The van der Waals surface area contributed by atoms with Gasteiger partial charge in [0.05, 0.1) is 12.1 Å². The summed E-state index contributed by atoms with van der Waals surface area (Å²) in [7, 11) is 0. The molecule has 4 fully saturated rings. The topological polar surface area (TPSA) is 120 Å². The molecule has 0 radical (unpaired) electrons. The molecular weight excluding hydrogens is 444 g/mol. The molecule has 1 amide bonds. The van der Waals surface area contributed by atoms with Crippen molar-refractivity contribution in [2.75, 3.05) is 18.9 Å². The van der Waals surface area contributed by atoms with Crippen molar-refractivity contribution in [2.24, 2.45) is 17.8 Å². The molecule has 4 aliphatic heterocycles. The van der Waals surface area contributed by atoms with Crippen molar-refractivity contribution in [1.29, 1.82) is 0 Å². The van der Waals surface area contributed by atoms with Gasteiger partial charge in [0.1, 0.15) is 35.9 Å². The van der Waals surface area contributed by atoms with Crippen LogP contribution in [0.25, 0.3) is 0 Å². The summed E-state index contributed by atoms with van der Waals surface area (Å²) in [4.78, 5) is 13.4. The first-order valence-corrected chi connectivity index (χ1v) is 13.9. The maximum absolute atomic E-state index is 13.4. The fourth-order valence-electron chi connectivity index (χ4n) is 6.05. The van der Waals surface area contributed by atoms with Gasteiger partial charge in [0.2, 0.25) is 5.91 Å². The molecule has 4 aliphatic rings. The predicted octanol–water partition coefficient (Wildman–Crippen LogP) is 1.02. The van der Waals surface area contributed by atoms with E-state index in [4.69, 9.17) is 9.47 Å². The monoisotopic (exact) mass is 486 g/mol. The number of aliphatic hydroxyl groups is 3. The molecule has 9 heteroatoms. The summed E-state index contributed by atoms with van der Waals surface area (Å²) in [5.41, 5.74) is -0.608. The van der Waals surface area contributed by atoms with Crippen LogP contribution in [0.1, 0.15) is 58.8 Å². The van der Waals surface area contributed by atoms with E-state index in [1.54, 1.807) is 0 Å². The molecule has 0 aromatic rings.